The molecule has 1 atom stereocenters. The van der Waals surface area contributed by atoms with Crippen LogP contribution >= 0.6 is 0 Å². The van der Waals surface area contributed by atoms with Crippen molar-refractivity contribution in [2.45, 2.75) is 19.9 Å². The first kappa shape index (κ1) is 9.86. The number of aryl methyl sites for hydroxylation is 2. The number of benzene rings is 1. The predicted octanol–water partition coefficient (Wildman–Crippen LogP) is 1.47. The van der Waals surface area contributed by atoms with Crippen LogP contribution in [-0.4, -0.2) is 15.4 Å². The smallest absolute Gasteiger partial charge is 0.104 e. The van der Waals surface area contributed by atoms with E-state index in [0.29, 0.717) is 0 Å². The second kappa shape index (κ2) is 3.82. The number of aromatic nitrogens is 3. The maximum Gasteiger partial charge on any atom is 0.104 e. The topological polar surface area (TPSA) is 67.6 Å². The minimum absolute atomic E-state index is 0.206. The van der Waals surface area contributed by atoms with Crippen LogP contribution in [0.3, 0.4) is 0 Å². The normalized spacial score (nSPS) is 12.7. The van der Waals surface area contributed by atoms with Crippen molar-refractivity contribution >= 4 is 0 Å². The quantitative estimate of drug-likeness (QED) is 0.774. The second-order valence-corrected chi connectivity index (χ2v) is 3.79. The number of nitrogens with one attached hydrogen (secondary N) is 1. The zero-order valence-electron chi connectivity index (χ0n) is 8.86. The first-order valence-electron chi connectivity index (χ1n) is 4.86. The summed E-state index contributed by atoms with van der Waals surface area (Å²) in [6, 6.07) is 6.07. The number of nitrogens with two attached hydrogens (primary N) is 1. The number of hydrogen-bond donors (Lipinski definition) is 2. The first-order chi connectivity index (χ1) is 7.16. The highest BCUT2D eigenvalue weighted by molar-refractivity contribution is 5.33. The molecule has 4 nitrogen and oxygen atoms in total. The lowest BCUT2D eigenvalue weighted by molar-refractivity contribution is 0.807. The Kier molecular flexibility index (Phi) is 2.51. The third-order valence-electron chi connectivity index (χ3n) is 2.36. The van der Waals surface area contributed by atoms with Crippen LogP contribution in [0.15, 0.2) is 24.4 Å². The summed E-state index contributed by atoms with van der Waals surface area (Å²) in [5.74, 6) is 0. The van der Waals surface area contributed by atoms with Gasteiger partial charge in [-0.25, -0.2) is 0 Å². The fourth-order valence-electron chi connectivity index (χ4n) is 1.72. The van der Waals surface area contributed by atoms with Crippen molar-refractivity contribution in [3.05, 3.63) is 46.8 Å². The van der Waals surface area contributed by atoms with Crippen LogP contribution in [0.5, 0.6) is 0 Å². The van der Waals surface area contributed by atoms with E-state index in [-0.39, 0.29) is 6.04 Å². The molecule has 0 aliphatic carbocycles. The monoisotopic (exact) mass is 202 g/mol. The summed E-state index contributed by atoms with van der Waals surface area (Å²) in [5, 5.41) is 10.3. The highest BCUT2D eigenvalue weighted by Gasteiger charge is 2.11. The Morgan fingerprint density at radius 1 is 1.20 bits per heavy atom. The highest BCUT2D eigenvalue weighted by Crippen LogP contribution is 2.19. The molecule has 1 heterocycles. The molecule has 0 spiro atoms. The van der Waals surface area contributed by atoms with E-state index in [4.69, 9.17) is 5.73 Å². The molecule has 0 aliphatic heterocycles. The zero-order chi connectivity index (χ0) is 10.8. The van der Waals surface area contributed by atoms with Gasteiger partial charge in [0, 0.05) is 0 Å². The van der Waals surface area contributed by atoms with E-state index in [9.17, 15) is 0 Å². The Balaban J connectivity index is 2.37. The molecule has 0 bridgehead atoms. The average Bonchev–Trinajstić information content (AvgIpc) is 2.67. The van der Waals surface area contributed by atoms with Crippen LogP contribution in [0.4, 0.5) is 0 Å². The summed E-state index contributed by atoms with van der Waals surface area (Å²) in [7, 11) is 0. The molecule has 0 aliphatic rings. The minimum Gasteiger partial charge on any atom is -0.319 e. The van der Waals surface area contributed by atoms with Gasteiger partial charge in [-0.05, 0) is 19.4 Å². The third kappa shape index (κ3) is 2.05. The molecular formula is C11H14N4. The summed E-state index contributed by atoms with van der Waals surface area (Å²) in [6.45, 7) is 4.12. The molecule has 1 unspecified atom stereocenters. The van der Waals surface area contributed by atoms with Gasteiger partial charge in [0.2, 0.25) is 0 Å². The Morgan fingerprint density at radius 2 is 1.87 bits per heavy atom. The van der Waals surface area contributed by atoms with Gasteiger partial charge in [0.1, 0.15) is 5.69 Å². The number of hydrogen-bond acceptors (Lipinski definition) is 3. The molecule has 3 N–H and O–H groups in total. The molecule has 0 saturated carbocycles. The van der Waals surface area contributed by atoms with Gasteiger partial charge >= 0.3 is 0 Å². The van der Waals surface area contributed by atoms with Crippen LogP contribution in [0.1, 0.15) is 28.4 Å². The summed E-state index contributed by atoms with van der Waals surface area (Å²) in [4.78, 5) is 0. The molecular weight excluding hydrogens is 188 g/mol. The average molecular weight is 202 g/mol. The minimum atomic E-state index is -0.206. The van der Waals surface area contributed by atoms with Gasteiger partial charge in [-0.3, -0.25) is 0 Å². The zero-order valence-corrected chi connectivity index (χ0v) is 8.86. The SMILES string of the molecule is Cc1cc(C)cc(C(N)c2cn[nH]n2)c1. The molecule has 0 radical (unpaired) electrons. The van der Waals surface area contributed by atoms with Gasteiger partial charge in [0.15, 0.2) is 0 Å². The predicted molar refractivity (Wildman–Crippen MR) is 58.3 cm³/mol. The Labute approximate surface area is 88.5 Å². The molecule has 0 fully saturated rings. The lowest BCUT2D eigenvalue weighted by Crippen LogP contribution is -2.12. The summed E-state index contributed by atoms with van der Waals surface area (Å²) in [5.41, 5.74) is 10.3. The Hall–Kier alpha value is -1.68. The van der Waals surface area contributed by atoms with Gasteiger partial charge in [-0.1, -0.05) is 29.3 Å². The van der Waals surface area contributed by atoms with Crippen molar-refractivity contribution in [2.24, 2.45) is 5.73 Å². The molecule has 1 aromatic carbocycles. The first-order valence-corrected chi connectivity index (χ1v) is 4.86. The number of rotatable bonds is 2. The fraction of sp³-hybridized carbons (Fsp3) is 0.273. The van der Waals surface area contributed by atoms with Crippen LogP contribution in [0.2, 0.25) is 0 Å². The molecule has 15 heavy (non-hydrogen) atoms. The van der Waals surface area contributed by atoms with Crippen molar-refractivity contribution in [1.29, 1.82) is 0 Å². The van der Waals surface area contributed by atoms with Crippen LogP contribution in [-0.2, 0) is 0 Å². The lowest BCUT2D eigenvalue weighted by atomic mass is 10.0. The molecule has 0 amide bonds. The standard InChI is InChI=1S/C11H14N4/c1-7-3-8(2)5-9(4-7)11(12)10-6-13-15-14-10/h3-6,11H,12H2,1-2H3,(H,13,14,15). The van der Waals surface area contributed by atoms with Crippen molar-refractivity contribution in [1.82, 2.24) is 15.4 Å². The van der Waals surface area contributed by atoms with E-state index in [0.717, 1.165) is 11.3 Å². The fourth-order valence-corrected chi connectivity index (χ4v) is 1.72. The van der Waals surface area contributed by atoms with Crippen LogP contribution < -0.4 is 5.73 Å². The number of nitrogens with zero attached hydrogens (tertiary/aromatic N) is 2. The lowest BCUT2D eigenvalue weighted by Gasteiger charge is -2.10. The van der Waals surface area contributed by atoms with E-state index in [1.807, 2.05) is 0 Å². The Morgan fingerprint density at radius 3 is 2.40 bits per heavy atom. The maximum atomic E-state index is 6.08. The molecule has 0 saturated heterocycles. The second-order valence-electron chi connectivity index (χ2n) is 3.79. The van der Waals surface area contributed by atoms with Crippen molar-refractivity contribution in [3.8, 4) is 0 Å². The van der Waals surface area contributed by atoms with Crippen LogP contribution in [0, 0.1) is 13.8 Å². The molecule has 2 rings (SSSR count). The van der Waals surface area contributed by atoms with Gasteiger partial charge in [0.05, 0.1) is 12.2 Å². The van der Waals surface area contributed by atoms with E-state index < -0.39 is 0 Å². The van der Waals surface area contributed by atoms with Gasteiger partial charge < -0.3 is 5.73 Å². The molecule has 1 aromatic heterocycles. The van der Waals surface area contributed by atoms with Gasteiger partial charge in [-0.15, -0.1) is 0 Å². The van der Waals surface area contributed by atoms with E-state index in [1.165, 1.54) is 11.1 Å². The molecule has 78 valence electrons. The van der Waals surface area contributed by atoms with E-state index in [2.05, 4.69) is 47.5 Å². The summed E-state index contributed by atoms with van der Waals surface area (Å²) < 4.78 is 0. The highest BCUT2D eigenvalue weighted by atomic mass is 15.3. The van der Waals surface area contributed by atoms with Crippen molar-refractivity contribution < 1.29 is 0 Å². The van der Waals surface area contributed by atoms with Gasteiger partial charge in [-0.2, -0.15) is 15.4 Å². The summed E-state index contributed by atoms with van der Waals surface area (Å²) in [6.07, 6.45) is 1.66. The van der Waals surface area contributed by atoms with Crippen molar-refractivity contribution in [3.63, 3.8) is 0 Å². The van der Waals surface area contributed by atoms with Crippen LogP contribution in [0.25, 0.3) is 0 Å². The number of aromatic amines is 1. The third-order valence-corrected chi connectivity index (χ3v) is 2.36. The number of H-pyrrole nitrogens is 1. The van der Waals surface area contributed by atoms with Gasteiger partial charge in [0.25, 0.3) is 0 Å². The maximum absolute atomic E-state index is 6.08. The Bertz CT molecular complexity index is 427. The summed E-state index contributed by atoms with van der Waals surface area (Å²) >= 11 is 0. The van der Waals surface area contributed by atoms with E-state index in [1.54, 1.807) is 6.20 Å². The van der Waals surface area contributed by atoms with Crippen molar-refractivity contribution in [2.75, 3.05) is 0 Å². The van der Waals surface area contributed by atoms with E-state index >= 15 is 0 Å². The molecule has 4 heteroatoms. The molecule has 2 aromatic rings. The largest absolute Gasteiger partial charge is 0.319 e.